The summed E-state index contributed by atoms with van der Waals surface area (Å²) in [6.07, 6.45) is 2.35. The number of hydrogen-bond donors (Lipinski definition) is 0. The molecule has 49 heavy (non-hydrogen) atoms. The van der Waals surface area contributed by atoms with E-state index in [2.05, 4.69) is 53.4 Å². The molecule has 4 aromatic carbocycles. The molecule has 1 atom stereocenters. The summed E-state index contributed by atoms with van der Waals surface area (Å²) in [5.74, 6) is 2.82. The van der Waals surface area contributed by atoms with E-state index in [1.54, 1.807) is 11.8 Å². The molecule has 0 radical (unpaired) electrons. The molecule has 0 N–H and O–H groups in total. The fraction of sp³-hybridized carbons (Fsp3) is 0.381. The minimum Gasteiger partial charge on any atom is -0.489 e. The summed E-state index contributed by atoms with van der Waals surface area (Å²) in [7, 11) is 0. The molecule has 6 nitrogen and oxygen atoms in total. The van der Waals surface area contributed by atoms with Gasteiger partial charge in [-0.1, -0.05) is 95.8 Å². The van der Waals surface area contributed by atoms with Crippen LogP contribution in [0.15, 0.2) is 88.7 Å². The molecule has 3 aliphatic rings. The Morgan fingerprint density at radius 1 is 0.755 bits per heavy atom. The lowest BCUT2D eigenvalue weighted by Crippen LogP contribution is -2.46. The van der Waals surface area contributed by atoms with Gasteiger partial charge in [-0.3, -0.25) is 9.59 Å². The second-order valence-electron chi connectivity index (χ2n) is 15.6. The van der Waals surface area contributed by atoms with Crippen molar-refractivity contribution in [1.29, 1.82) is 0 Å². The van der Waals surface area contributed by atoms with Gasteiger partial charge in [0, 0.05) is 30.5 Å². The third kappa shape index (κ3) is 6.96. The molecule has 7 heteroatoms. The van der Waals surface area contributed by atoms with E-state index in [0.29, 0.717) is 26.1 Å². The maximum absolute atomic E-state index is 13.9. The quantitative estimate of drug-likeness (QED) is 0.186. The molecular formula is C42H46N2O4S. The van der Waals surface area contributed by atoms with Crippen LogP contribution in [0.1, 0.15) is 81.0 Å². The Balaban J connectivity index is 1.16. The van der Waals surface area contributed by atoms with Gasteiger partial charge >= 0.3 is 0 Å². The predicted octanol–water partition coefficient (Wildman–Crippen LogP) is 9.17. The van der Waals surface area contributed by atoms with E-state index in [0.717, 1.165) is 68.7 Å². The SMILES string of the molecule is CC(C)(C)C(=O)N1CCc2cc3c(cc2C1)Oc1cc2c(cc1S3)CCN(C(=O)C(C)(C)C)C2Cc1ccc(OCc2ccccc2)cc1. The highest BCUT2D eigenvalue weighted by Crippen LogP contribution is 2.51. The summed E-state index contributed by atoms with van der Waals surface area (Å²) in [5, 5.41) is 0. The average molecular weight is 675 g/mol. The Kier molecular flexibility index (Phi) is 8.76. The Morgan fingerprint density at radius 2 is 1.41 bits per heavy atom. The van der Waals surface area contributed by atoms with Gasteiger partial charge in [0.05, 0.1) is 15.8 Å². The van der Waals surface area contributed by atoms with Gasteiger partial charge in [-0.25, -0.2) is 0 Å². The van der Waals surface area contributed by atoms with Crippen LogP contribution in [-0.2, 0) is 42.0 Å². The van der Waals surface area contributed by atoms with E-state index in [9.17, 15) is 9.59 Å². The highest BCUT2D eigenvalue weighted by atomic mass is 32.2. The lowest BCUT2D eigenvalue weighted by molar-refractivity contribution is -0.142. The van der Waals surface area contributed by atoms with E-state index in [1.807, 2.05) is 76.8 Å². The first-order valence-electron chi connectivity index (χ1n) is 17.4. The Hall–Kier alpha value is -4.23. The van der Waals surface area contributed by atoms with Crippen molar-refractivity contribution in [3.63, 3.8) is 0 Å². The van der Waals surface area contributed by atoms with Crippen molar-refractivity contribution in [3.05, 3.63) is 112 Å². The summed E-state index contributed by atoms with van der Waals surface area (Å²) in [6, 6.07) is 27.2. The summed E-state index contributed by atoms with van der Waals surface area (Å²) >= 11 is 1.76. The van der Waals surface area contributed by atoms with Crippen molar-refractivity contribution < 1.29 is 19.1 Å². The number of carbonyl (C=O) groups excluding carboxylic acids is 2. The summed E-state index contributed by atoms with van der Waals surface area (Å²) in [5.41, 5.74) is 6.25. The number of fused-ring (bicyclic) bond motifs is 4. The second kappa shape index (κ2) is 12.9. The highest BCUT2D eigenvalue weighted by Gasteiger charge is 2.38. The molecule has 0 aromatic heterocycles. The lowest BCUT2D eigenvalue weighted by Gasteiger charge is -2.41. The van der Waals surface area contributed by atoms with Crippen LogP contribution in [0.5, 0.6) is 17.2 Å². The fourth-order valence-corrected chi connectivity index (χ4v) is 8.10. The minimum absolute atomic E-state index is 0.118. The number of ether oxygens (including phenoxy) is 2. The zero-order valence-electron chi connectivity index (χ0n) is 29.5. The van der Waals surface area contributed by atoms with Crippen LogP contribution in [0.3, 0.4) is 0 Å². The van der Waals surface area contributed by atoms with Gasteiger partial charge in [0.15, 0.2) is 0 Å². The van der Waals surface area contributed by atoms with E-state index in [4.69, 9.17) is 9.47 Å². The molecule has 0 bridgehead atoms. The van der Waals surface area contributed by atoms with Crippen LogP contribution in [0, 0.1) is 10.8 Å². The molecule has 0 saturated heterocycles. The predicted molar refractivity (Wildman–Crippen MR) is 194 cm³/mol. The average Bonchev–Trinajstić information content (AvgIpc) is 3.07. The van der Waals surface area contributed by atoms with Crippen molar-refractivity contribution in [1.82, 2.24) is 9.80 Å². The van der Waals surface area contributed by atoms with Crippen LogP contribution >= 0.6 is 11.8 Å². The van der Waals surface area contributed by atoms with Gasteiger partial charge in [-0.05, 0) is 89.0 Å². The molecular weight excluding hydrogens is 629 g/mol. The highest BCUT2D eigenvalue weighted by molar-refractivity contribution is 7.99. The zero-order chi connectivity index (χ0) is 34.5. The maximum atomic E-state index is 13.9. The van der Waals surface area contributed by atoms with Gasteiger partial charge < -0.3 is 19.3 Å². The van der Waals surface area contributed by atoms with Crippen LogP contribution < -0.4 is 9.47 Å². The van der Waals surface area contributed by atoms with Gasteiger partial charge in [-0.15, -0.1) is 0 Å². The molecule has 254 valence electrons. The standard InChI is InChI=1S/C42H46N2O4S/c1-41(2,3)39(45)43-18-16-29-22-37-35(21-31(29)25-43)48-36-24-33-30(23-38(36)49-37)17-19-44(40(46)42(4,5)6)34(33)20-27-12-14-32(15-13-27)47-26-28-10-8-7-9-11-28/h7-15,21-24,34H,16-20,25-26H2,1-6H3. The number of carbonyl (C=O) groups is 2. The molecule has 1 unspecified atom stereocenters. The van der Waals surface area contributed by atoms with Crippen molar-refractivity contribution in [2.45, 2.75) is 89.8 Å². The largest absolute Gasteiger partial charge is 0.489 e. The third-order valence-electron chi connectivity index (χ3n) is 9.71. The molecule has 3 heterocycles. The van der Waals surface area contributed by atoms with Crippen LogP contribution in [-0.4, -0.2) is 34.7 Å². The van der Waals surface area contributed by atoms with Gasteiger partial charge in [0.25, 0.3) is 0 Å². The minimum atomic E-state index is -0.494. The molecule has 0 saturated carbocycles. The molecule has 7 rings (SSSR count). The summed E-state index contributed by atoms with van der Waals surface area (Å²) in [4.78, 5) is 33.2. The van der Waals surface area contributed by atoms with Crippen molar-refractivity contribution in [3.8, 4) is 17.2 Å². The molecule has 2 amide bonds. The number of amides is 2. The summed E-state index contributed by atoms with van der Waals surface area (Å²) < 4.78 is 12.7. The second-order valence-corrected chi connectivity index (χ2v) is 16.7. The first-order valence-corrected chi connectivity index (χ1v) is 18.2. The molecule has 4 aromatic rings. The first kappa shape index (κ1) is 33.3. The fourth-order valence-electron chi connectivity index (χ4n) is 7.06. The smallest absolute Gasteiger partial charge is 0.228 e. The van der Waals surface area contributed by atoms with E-state index >= 15 is 0 Å². The van der Waals surface area contributed by atoms with Crippen molar-refractivity contribution >= 4 is 23.6 Å². The lowest BCUT2D eigenvalue weighted by atomic mass is 9.85. The topological polar surface area (TPSA) is 59.1 Å². The zero-order valence-corrected chi connectivity index (χ0v) is 30.3. The molecule has 0 spiro atoms. The number of rotatable bonds is 5. The number of nitrogens with zero attached hydrogens (tertiary/aromatic N) is 2. The molecule has 0 aliphatic carbocycles. The van der Waals surface area contributed by atoms with Crippen molar-refractivity contribution in [2.75, 3.05) is 13.1 Å². The van der Waals surface area contributed by atoms with E-state index in [-0.39, 0.29) is 17.9 Å². The van der Waals surface area contributed by atoms with Crippen LogP contribution in [0.4, 0.5) is 0 Å². The molecule has 0 fully saturated rings. The Bertz CT molecular complexity index is 1890. The maximum Gasteiger partial charge on any atom is 0.228 e. The Labute approximate surface area is 294 Å². The van der Waals surface area contributed by atoms with Crippen molar-refractivity contribution in [2.24, 2.45) is 10.8 Å². The van der Waals surface area contributed by atoms with Crippen LogP contribution in [0.2, 0.25) is 0 Å². The van der Waals surface area contributed by atoms with E-state index < -0.39 is 10.8 Å². The monoisotopic (exact) mass is 674 g/mol. The van der Waals surface area contributed by atoms with Gasteiger partial charge in [-0.2, -0.15) is 0 Å². The van der Waals surface area contributed by atoms with Crippen LogP contribution in [0.25, 0.3) is 0 Å². The molecule has 3 aliphatic heterocycles. The number of hydrogen-bond acceptors (Lipinski definition) is 5. The first-order chi connectivity index (χ1) is 23.3. The third-order valence-corrected chi connectivity index (χ3v) is 10.8. The number of benzene rings is 4. The summed E-state index contributed by atoms with van der Waals surface area (Å²) in [6.45, 7) is 14.5. The van der Waals surface area contributed by atoms with Gasteiger partial charge in [0.1, 0.15) is 23.9 Å². The van der Waals surface area contributed by atoms with E-state index in [1.165, 1.54) is 11.1 Å². The normalized spacial score (nSPS) is 16.9. The Morgan fingerprint density at radius 3 is 2.10 bits per heavy atom. The van der Waals surface area contributed by atoms with Gasteiger partial charge in [0.2, 0.25) is 11.8 Å².